The molecule has 2 amide bonds. The minimum absolute atomic E-state index is 0.185. The molecule has 2 aromatic heterocycles. The van der Waals surface area contributed by atoms with Crippen molar-refractivity contribution in [2.45, 2.75) is 13.0 Å². The first-order valence-corrected chi connectivity index (χ1v) is 13.4. The SMILES string of the molecule is CC(=O)Nc1ccc2oc(-c3ccc(C#N)c(C(=O)N4CCN(C(c5ccccc5)c5nnn(C)n5)CC4)c3)nc2c1. The lowest BCUT2D eigenvalue weighted by Crippen LogP contribution is -2.50. The van der Waals surface area contributed by atoms with Crippen molar-refractivity contribution in [2.75, 3.05) is 31.5 Å². The zero-order valence-electron chi connectivity index (χ0n) is 23.1. The number of hydrogen-bond donors (Lipinski definition) is 1. The highest BCUT2D eigenvalue weighted by Gasteiger charge is 2.32. The average molecular weight is 562 g/mol. The van der Waals surface area contributed by atoms with Gasteiger partial charge < -0.3 is 14.6 Å². The Morgan fingerprint density at radius 2 is 1.81 bits per heavy atom. The highest BCUT2D eigenvalue weighted by molar-refractivity contribution is 5.98. The lowest BCUT2D eigenvalue weighted by molar-refractivity contribution is -0.114. The predicted octanol–water partition coefficient (Wildman–Crippen LogP) is 3.40. The van der Waals surface area contributed by atoms with E-state index in [1.54, 1.807) is 48.3 Å². The number of nitrogens with zero attached hydrogens (tertiary/aromatic N) is 8. The molecule has 3 aromatic carbocycles. The smallest absolute Gasteiger partial charge is 0.255 e. The summed E-state index contributed by atoms with van der Waals surface area (Å²) in [5, 5.41) is 25.3. The number of nitrogens with one attached hydrogen (secondary N) is 1. The van der Waals surface area contributed by atoms with E-state index in [0.717, 1.165) is 5.56 Å². The Labute approximate surface area is 241 Å². The van der Waals surface area contributed by atoms with Crippen molar-refractivity contribution in [3.8, 4) is 17.5 Å². The highest BCUT2D eigenvalue weighted by atomic mass is 16.3. The summed E-state index contributed by atoms with van der Waals surface area (Å²) in [5.74, 6) is 0.502. The zero-order chi connectivity index (χ0) is 29.2. The number of anilines is 1. The van der Waals surface area contributed by atoms with E-state index in [4.69, 9.17) is 4.42 Å². The second-order valence-corrected chi connectivity index (χ2v) is 10.0. The van der Waals surface area contributed by atoms with Gasteiger partial charge in [0, 0.05) is 44.4 Å². The van der Waals surface area contributed by atoms with Crippen LogP contribution in [0.5, 0.6) is 0 Å². The van der Waals surface area contributed by atoms with Gasteiger partial charge >= 0.3 is 0 Å². The summed E-state index contributed by atoms with van der Waals surface area (Å²) in [7, 11) is 1.74. The lowest BCUT2D eigenvalue weighted by Gasteiger charge is -2.38. The van der Waals surface area contributed by atoms with E-state index in [9.17, 15) is 14.9 Å². The van der Waals surface area contributed by atoms with E-state index >= 15 is 0 Å². The van der Waals surface area contributed by atoms with Crippen LogP contribution in [0, 0.1) is 11.3 Å². The highest BCUT2D eigenvalue weighted by Crippen LogP contribution is 2.30. The molecule has 1 atom stereocenters. The molecule has 3 heterocycles. The third-order valence-electron chi connectivity index (χ3n) is 7.18. The van der Waals surface area contributed by atoms with Gasteiger partial charge in [0.15, 0.2) is 11.4 Å². The maximum Gasteiger partial charge on any atom is 0.255 e. The number of amides is 2. The molecule has 0 radical (unpaired) electrons. The summed E-state index contributed by atoms with van der Waals surface area (Å²) in [6.45, 7) is 3.54. The molecule has 5 aromatic rings. The van der Waals surface area contributed by atoms with Crippen LogP contribution in [-0.4, -0.2) is 73.0 Å². The van der Waals surface area contributed by atoms with Gasteiger partial charge in [0.05, 0.1) is 30.3 Å². The van der Waals surface area contributed by atoms with Gasteiger partial charge in [-0.15, -0.1) is 10.2 Å². The van der Waals surface area contributed by atoms with Gasteiger partial charge in [-0.3, -0.25) is 14.5 Å². The summed E-state index contributed by atoms with van der Waals surface area (Å²) in [6, 6.07) is 22.1. The third-order valence-corrected chi connectivity index (χ3v) is 7.18. The van der Waals surface area contributed by atoms with E-state index in [1.165, 1.54) is 11.7 Å². The quantitative estimate of drug-likeness (QED) is 0.329. The van der Waals surface area contributed by atoms with Crippen LogP contribution in [0.15, 0.2) is 71.1 Å². The number of hydrogen-bond acceptors (Lipinski definition) is 9. The predicted molar refractivity (Wildman–Crippen MR) is 153 cm³/mol. The molecule has 1 saturated heterocycles. The molecule has 1 unspecified atom stereocenters. The van der Waals surface area contributed by atoms with Crippen LogP contribution in [0.4, 0.5) is 5.69 Å². The Balaban J connectivity index is 1.23. The second kappa shape index (κ2) is 11.2. The summed E-state index contributed by atoms with van der Waals surface area (Å²) in [4.78, 5) is 35.2. The summed E-state index contributed by atoms with van der Waals surface area (Å²) in [5.41, 5.74) is 3.90. The molecule has 0 aliphatic carbocycles. The van der Waals surface area contributed by atoms with Gasteiger partial charge in [0.1, 0.15) is 5.52 Å². The Bertz CT molecular complexity index is 1810. The van der Waals surface area contributed by atoms with E-state index in [0.29, 0.717) is 65.8 Å². The summed E-state index contributed by atoms with van der Waals surface area (Å²) < 4.78 is 5.94. The molecule has 12 nitrogen and oxygen atoms in total. The molecule has 1 aliphatic heterocycles. The molecular weight excluding hydrogens is 534 g/mol. The van der Waals surface area contributed by atoms with Crippen LogP contribution in [0.2, 0.25) is 0 Å². The lowest BCUT2D eigenvalue weighted by atomic mass is 10.0. The number of aryl methyl sites for hydroxylation is 1. The van der Waals surface area contributed by atoms with Crippen LogP contribution in [0.25, 0.3) is 22.6 Å². The van der Waals surface area contributed by atoms with E-state index in [1.807, 2.05) is 30.3 Å². The number of aromatic nitrogens is 5. The molecule has 0 spiro atoms. The van der Waals surface area contributed by atoms with Crippen molar-refractivity contribution >= 4 is 28.6 Å². The normalized spacial score (nSPS) is 14.5. The van der Waals surface area contributed by atoms with Gasteiger partial charge in [-0.05, 0) is 47.2 Å². The number of fused-ring (bicyclic) bond motifs is 1. The molecule has 6 rings (SSSR count). The largest absolute Gasteiger partial charge is 0.436 e. The monoisotopic (exact) mass is 561 g/mol. The number of carbonyl (C=O) groups excluding carboxylic acids is 2. The topological polar surface area (TPSA) is 146 Å². The number of oxazole rings is 1. The van der Waals surface area contributed by atoms with Crippen LogP contribution in [0.3, 0.4) is 0 Å². The summed E-state index contributed by atoms with van der Waals surface area (Å²) >= 11 is 0. The number of piperazine rings is 1. The fourth-order valence-corrected chi connectivity index (χ4v) is 5.20. The van der Waals surface area contributed by atoms with Crippen LogP contribution >= 0.6 is 0 Å². The van der Waals surface area contributed by atoms with Crippen LogP contribution < -0.4 is 5.32 Å². The Morgan fingerprint density at radius 1 is 1.02 bits per heavy atom. The second-order valence-electron chi connectivity index (χ2n) is 10.0. The van der Waals surface area contributed by atoms with Gasteiger partial charge in [-0.25, -0.2) is 4.98 Å². The number of benzene rings is 3. The van der Waals surface area contributed by atoms with E-state index in [2.05, 4.69) is 36.7 Å². The van der Waals surface area contributed by atoms with Gasteiger partial charge in [0.25, 0.3) is 5.91 Å². The maximum absolute atomic E-state index is 13.7. The van der Waals surface area contributed by atoms with Crippen molar-refractivity contribution in [3.05, 3.63) is 89.2 Å². The fraction of sp³-hybridized carbons (Fsp3) is 0.233. The number of carbonyl (C=O) groups is 2. The van der Waals surface area contributed by atoms with Crippen LogP contribution in [0.1, 0.15) is 40.3 Å². The number of tetrazole rings is 1. The first-order valence-electron chi connectivity index (χ1n) is 13.4. The van der Waals surface area contributed by atoms with E-state index < -0.39 is 0 Å². The first-order chi connectivity index (χ1) is 20.4. The molecule has 1 fully saturated rings. The third kappa shape index (κ3) is 5.33. The van der Waals surface area contributed by atoms with Gasteiger partial charge in [0.2, 0.25) is 11.8 Å². The van der Waals surface area contributed by atoms with Crippen molar-refractivity contribution in [2.24, 2.45) is 7.05 Å². The standard InChI is InChI=1S/C30H27N9O3/c1-19(40)32-23-10-11-26-25(17-23)33-29(42-26)21-8-9-22(18-31)24(16-21)30(41)39-14-12-38(13-15-39)27(20-6-4-3-5-7-20)28-34-36-37(2)35-28/h3-11,16-17,27H,12-15H2,1-2H3,(H,32,40). The Kier molecular flexibility index (Phi) is 7.16. The van der Waals surface area contributed by atoms with Crippen molar-refractivity contribution in [1.29, 1.82) is 5.26 Å². The molecule has 12 heteroatoms. The molecular formula is C30H27N9O3. The Morgan fingerprint density at radius 3 is 2.50 bits per heavy atom. The average Bonchev–Trinajstić information content (AvgIpc) is 3.63. The molecule has 42 heavy (non-hydrogen) atoms. The minimum atomic E-state index is -0.231. The van der Waals surface area contributed by atoms with E-state index in [-0.39, 0.29) is 23.4 Å². The molecule has 210 valence electrons. The van der Waals surface area contributed by atoms with Gasteiger partial charge in [-0.2, -0.15) is 10.1 Å². The summed E-state index contributed by atoms with van der Waals surface area (Å²) in [6.07, 6.45) is 0. The zero-order valence-corrected chi connectivity index (χ0v) is 23.1. The van der Waals surface area contributed by atoms with Crippen molar-refractivity contribution in [3.63, 3.8) is 0 Å². The maximum atomic E-state index is 13.7. The van der Waals surface area contributed by atoms with Crippen molar-refractivity contribution < 1.29 is 14.0 Å². The molecule has 0 bridgehead atoms. The van der Waals surface area contributed by atoms with Gasteiger partial charge in [-0.1, -0.05) is 30.3 Å². The molecule has 1 N–H and O–H groups in total. The van der Waals surface area contributed by atoms with Crippen LogP contribution in [-0.2, 0) is 11.8 Å². The van der Waals surface area contributed by atoms with Crippen molar-refractivity contribution in [1.82, 2.24) is 35.0 Å². The fourth-order valence-electron chi connectivity index (χ4n) is 5.20. The Hall–Kier alpha value is -5.41. The minimum Gasteiger partial charge on any atom is -0.436 e. The molecule has 1 aliphatic rings. The number of nitriles is 1. The molecule has 0 saturated carbocycles. The number of rotatable bonds is 6. The first kappa shape index (κ1) is 26.8.